The van der Waals surface area contributed by atoms with E-state index in [0.29, 0.717) is 0 Å². The van der Waals surface area contributed by atoms with Crippen LogP contribution in [-0.2, 0) is 11.2 Å². The summed E-state index contributed by atoms with van der Waals surface area (Å²) in [5.74, 6) is 2.10. The predicted octanol–water partition coefficient (Wildman–Crippen LogP) is 4.88. The number of aryl methyl sites for hydroxylation is 2. The van der Waals surface area contributed by atoms with Crippen molar-refractivity contribution < 1.29 is 9.15 Å². The van der Waals surface area contributed by atoms with E-state index >= 15 is 0 Å². The molecule has 1 aromatic heterocycles. The van der Waals surface area contributed by atoms with Crippen molar-refractivity contribution >= 4 is 22.6 Å². The van der Waals surface area contributed by atoms with Gasteiger partial charge in [0.15, 0.2) is 0 Å². The first kappa shape index (κ1) is 13.2. The Morgan fingerprint density at radius 3 is 2.68 bits per heavy atom. The second-order valence-electron chi connectivity index (χ2n) is 5.06. The average molecular weight is 368 g/mol. The molecule has 1 aliphatic carbocycles. The van der Waals surface area contributed by atoms with E-state index in [4.69, 9.17) is 9.15 Å². The number of hydrogen-bond donors (Lipinski definition) is 0. The summed E-state index contributed by atoms with van der Waals surface area (Å²) in [5.41, 5.74) is 3.69. The van der Waals surface area contributed by atoms with Gasteiger partial charge in [0.25, 0.3) is 0 Å². The number of methoxy groups -OCH3 is 1. The van der Waals surface area contributed by atoms with Crippen molar-refractivity contribution in [3.05, 3.63) is 44.7 Å². The molecule has 0 saturated carbocycles. The van der Waals surface area contributed by atoms with Crippen LogP contribution in [0.1, 0.15) is 35.8 Å². The Kier molecular flexibility index (Phi) is 3.67. The monoisotopic (exact) mass is 368 g/mol. The molecule has 100 valence electrons. The molecule has 3 heteroatoms. The summed E-state index contributed by atoms with van der Waals surface area (Å²) in [6, 6.07) is 8.51. The number of fused-ring (bicyclic) bond motifs is 1. The Labute approximate surface area is 127 Å². The van der Waals surface area contributed by atoms with Crippen LogP contribution in [0.3, 0.4) is 0 Å². The van der Waals surface area contributed by atoms with Crippen molar-refractivity contribution in [2.75, 3.05) is 7.11 Å². The van der Waals surface area contributed by atoms with E-state index in [1.807, 2.05) is 0 Å². The summed E-state index contributed by atoms with van der Waals surface area (Å²) in [4.78, 5) is 0. The number of hydrogen-bond acceptors (Lipinski definition) is 2. The smallest absolute Gasteiger partial charge is 0.147 e. The summed E-state index contributed by atoms with van der Waals surface area (Å²) >= 11 is 2.40. The molecule has 0 fully saturated rings. The Morgan fingerprint density at radius 2 is 2.00 bits per heavy atom. The Balaban J connectivity index is 2.09. The van der Waals surface area contributed by atoms with Crippen molar-refractivity contribution in [3.8, 4) is 11.3 Å². The number of furan rings is 1. The molecule has 2 nitrogen and oxygen atoms in total. The molecular weight excluding hydrogens is 351 g/mol. The molecule has 3 rings (SSSR count). The number of ether oxygens (including phenoxy) is 1. The lowest BCUT2D eigenvalue weighted by Crippen LogP contribution is -2.10. The highest BCUT2D eigenvalue weighted by Crippen LogP contribution is 2.42. The first-order chi connectivity index (χ1) is 9.20. The highest BCUT2D eigenvalue weighted by molar-refractivity contribution is 14.1. The van der Waals surface area contributed by atoms with Gasteiger partial charge in [-0.1, -0.05) is 29.8 Å². The topological polar surface area (TPSA) is 22.4 Å². The molecule has 0 bridgehead atoms. The van der Waals surface area contributed by atoms with Crippen LogP contribution in [0.25, 0.3) is 11.3 Å². The van der Waals surface area contributed by atoms with Crippen LogP contribution >= 0.6 is 22.6 Å². The molecule has 1 atom stereocenters. The van der Waals surface area contributed by atoms with Gasteiger partial charge in [-0.05, 0) is 42.4 Å². The van der Waals surface area contributed by atoms with Gasteiger partial charge in [0.05, 0.1) is 9.67 Å². The maximum atomic E-state index is 6.11. The highest BCUT2D eigenvalue weighted by Gasteiger charge is 2.29. The molecule has 1 unspecified atom stereocenters. The Hall–Kier alpha value is -0.810. The standard InChI is InChI=1S/C16H17IO2/c1-10-6-8-11(9-7-10)16-15(17)14-12(18-2)4-3-5-13(14)19-16/h6-9,12H,3-5H2,1-2H3. The predicted molar refractivity (Wildman–Crippen MR) is 84.3 cm³/mol. The molecule has 0 aliphatic heterocycles. The SMILES string of the molecule is COC1CCCc2oc(-c3ccc(C)cc3)c(I)c21. The number of halogens is 1. The summed E-state index contributed by atoms with van der Waals surface area (Å²) in [6.45, 7) is 2.10. The van der Waals surface area contributed by atoms with Gasteiger partial charge in [-0.15, -0.1) is 0 Å². The molecule has 0 radical (unpaired) electrons. The molecular formula is C16H17IO2. The van der Waals surface area contributed by atoms with Crippen molar-refractivity contribution in [1.82, 2.24) is 0 Å². The summed E-state index contributed by atoms with van der Waals surface area (Å²) in [6.07, 6.45) is 3.45. The average Bonchev–Trinajstić information content (AvgIpc) is 2.77. The quantitative estimate of drug-likeness (QED) is 0.705. The molecule has 19 heavy (non-hydrogen) atoms. The lowest BCUT2D eigenvalue weighted by molar-refractivity contribution is 0.0852. The van der Waals surface area contributed by atoms with Gasteiger partial charge in [-0.3, -0.25) is 0 Å². The Bertz CT molecular complexity index is 584. The third-order valence-corrected chi connectivity index (χ3v) is 4.82. The second-order valence-corrected chi connectivity index (χ2v) is 6.14. The van der Waals surface area contributed by atoms with Gasteiger partial charge in [0, 0.05) is 24.7 Å². The molecule has 0 N–H and O–H groups in total. The van der Waals surface area contributed by atoms with Gasteiger partial charge in [0.2, 0.25) is 0 Å². The van der Waals surface area contributed by atoms with E-state index in [0.717, 1.165) is 36.3 Å². The van der Waals surface area contributed by atoms with Gasteiger partial charge < -0.3 is 9.15 Å². The third kappa shape index (κ3) is 2.34. The van der Waals surface area contributed by atoms with Crippen molar-refractivity contribution in [2.45, 2.75) is 32.3 Å². The fourth-order valence-electron chi connectivity index (χ4n) is 2.69. The van der Waals surface area contributed by atoms with E-state index in [2.05, 4.69) is 53.8 Å². The molecule has 0 saturated heterocycles. The van der Waals surface area contributed by atoms with Gasteiger partial charge in [0.1, 0.15) is 11.5 Å². The lowest BCUT2D eigenvalue weighted by Gasteiger charge is -2.20. The Morgan fingerprint density at radius 1 is 1.26 bits per heavy atom. The van der Waals surface area contributed by atoms with Crippen LogP contribution < -0.4 is 0 Å². The maximum Gasteiger partial charge on any atom is 0.147 e. The van der Waals surface area contributed by atoms with Crippen LogP contribution in [0.5, 0.6) is 0 Å². The minimum Gasteiger partial charge on any atom is -0.460 e. The third-order valence-electron chi connectivity index (χ3n) is 3.75. The molecule has 1 aliphatic rings. The van der Waals surface area contributed by atoms with Crippen molar-refractivity contribution in [1.29, 1.82) is 0 Å². The first-order valence-corrected chi connectivity index (χ1v) is 7.69. The zero-order valence-corrected chi connectivity index (χ0v) is 13.4. The van der Waals surface area contributed by atoms with E-state index in [1.54, 1.807) is 7.11 Å². The van der Waals surface area contributed by atoms with Crippen LogP contribution in [0.2, 0.25) is 0 Å². The first-order valence-electron chi connectivity index (χ1n) is 6.61. The zero-order valence-electron chi connectivity index (χ0n) is 11.2. The molecule has 0 amide bonds. The summed E-state index contributed by atoms with van der Waals surface area (Å²) in [5, 5.41) is 0. The van der Waals surface area contributed by atoms with Crippen LogP contribution in [0.4, 0.5) is 0 Å². The van der Waals surface area contributed by atoms with Crippen LogP contribution in [0.15, 0.2) is 28.7 Å². The van der Waals surface area contributed by atoms with Crippen molar-refractivity contribution in [3.63, 3.8) is 0 Å². The normalized spacial score (nSPS) is 18.4. The maximum absolute atomic E-state index is 6.11. The van der Waals surface area contributed by atoms with Gasteiger partial charge in [-0.2, -0.15) is 0 Å². The van der Waals surface area contributed by atoms with Gasteiger partial charge >= 0.3 is 0 Å². The molecule has 1 heterocycles. The second kappa shape index (κ2) is 5.29. The molecule has 0 spiro atoms. The van der Waals surface area contributed by atoms with Crippen LogP contribution in [-0.4, -0.2) is 7.11 Å². The van der Waals surface area contributed by atoms with Gasteiger partial charge in [-0.25, -0.2) is 0 Å². The fourth-order valence-corrected chi connectivity index (χ4v) is 3.76. The number of benzene rings is 1. The highest BCUT2D eigenvalue weighted by atomic mass is 127. The fraction of sp³-hybridized carbons (Fsp3) is 0.375. The molecule has 2 aromatic rings. The number of rotatable bonds is 2. The van der Waals surface area contributed by atoms with E-state index in [-0.39, 0.29) is 6.10 Å². The van der Waals surface area contributed by atoms with E-state index in [9.17, 15) is 0 Å². The van der Waals surface area contributed by atoms with Crippen molar-refractivity contribution in [2.24, 2.45) is 0 Å². The lowest BCUT2D eigenvalue weighted by atomic mass is 9.95. The zero-order chi connectivity index (χ0) is 13.4. The minimum absolute atomic E-state index is 0.193. The van der Waals surface area contributed by atoms with E-state index < -0.39 is 0 Å². The molecule has 1 aromatic carbocycles. The summed E-state index contributed by atoms with van der Waals surface area (Å²) < 4.78 is 12.9. The minimum atomic E-state index is 0.193. The summed E-state index contributed by atoms with van der Waals surface area (Å²) in [7, 11) is 1.79. The largest absolute Gasteiger partial charge is 0.460 e. The van der Waals surface area contributed by atoms with E-state index in [1.165, 1.54) is 14.7 Å². The van der Waals surface area contributed by atoms with Crippen LogP contribution in [0, 0.1) is 10.5 Å².